The molecule has 2 rings (SSSR count). The van der Waals surface area contributed by atoms with Crippen LogP contribution in [-0.2, 0) is 0 Å². The highest BCUT2D eigenvalue weighted by atomic mass is 19.4. The molecule has 1 aromatic rings. The summed E-state index contributed by atoms with van der Waals surface area (Å²) in [7, 11) is 0. The van der Waals surface area contributed by atoms with Crippen molar-refractivity contribution in [3.05, 3.63) is 33.9 Å². The Morgan fingerprint density at radius 2 is 2.10 bits per heavy atom. The fourth-order valence-electron chi connectivity index (χ4n) is 2.18. The second kappa shape index (κ2) is 5.51. The lowest BCUT2D eigenvalue weighted by Crippen LogP contribution is -2.36. The maximum absolute atomic E-state index is 12.7. The standard InChI is InChI=1S/C13H15F3N2O3/c1-8(19)9-2-5-11(12(6-9)18(20)21)17(10-3-4-10)7-13(14,15)16/h2,5-6,8,10,19H,3-4,7H2,1H3/t8-/m1/s1. The van der Waals surface area contributed by atoms with Crippen molar-refractivity contribution in [1.82, 2.24) is 0 Å². The molecular formula is C13H15F3N2O3. The number of aliphatic hydroxyl groups excluding tert-OH is 1. The van der Waals surface area contributed by atoms with Gasteiger partial charge in [0.15, 0.2) is 0 Å². The van der Waals surface area contributed by atoms with Gasteiger partial charge in [0.05, 0.1) is 11.0 Å². The molecule has 5 nitrogen and oxygen atoms in total. The Morgan fingerprint density at radius 1 is 1.48 bits per heavy atom. The summed E-state index contributed by atoms with van der Waals surface area (Å²) in [4.78, 5) is 11.4. The molecule has 0 bridgehead atoms. The van der Waals surface area contributed by atoms with E-state index in [1.54, 1.807) is 0 Å². The normalized spacial score (nSPS) is 16.6. The van der Waals surface area contributed by atoms with Crippen LogP contribution in [0.15, 0.2) is 18.2 Å². The number of nitro groups is 1. The van der Waals surface area contributed by atoms with Crippen molar-refractivity contribution in [3.8, 4) is 0 Å². The van der Waals surface area contributed by atoms with Gasteiger partial charge in [-0.1, -0.05) is 6.07 Å². The predicted molar refractivity (Wildman–Crippen MR) is 70.2 cm³/mol. The van der Waals surface area contributed by atoms with E-state index in [9.17, 15) is 28.4 Å². The Balaban J connectivity index is 2.42. The third kappa shape index (κ3) is 3.84. The van der Waals surface area contributed by atoms with Gasteiger partial charge < -0.3 is 10.0 Å². The number of rotatable bonds is 5. The van der Waals surface area contributed by atoms with Crippen LogP contribution in [0.1, 0.15) is 31.4 Å². The lowest BCUT2D eigenvalue weighted by Gasteiger charge is -2.25. The first-order valence-electron chi connectivity index (χ1n) is 6.49. The summed E-state index contributed by atoms with van der Waals surface area (Å²) in [5, 5.41) is 20.6. The van der Waals surface area contributed by atoms with Gasteiger partial charge >= 0.3 is 6.18 Å². The van der Waals surface area contributed by atoms with Gasteiger partial charge in [-0.15, -0.1) is 0 Å². The molecule has 1 aliphatic rings. The Bertz CT molecular complexity index is 542. The van der Waals surface area contributed by atoms with E-state index in [1.165, 1.54) is 19.1 Å². The van der Waals surface area contributed by atoms with Crippen molar-refractivity contribution >= 4 is 11.4 Å². The van der Waals surface area contributed by atoms with Crippen LogP contribution < -0.4 is 4.90 Å². The monoisotopic (exact) mass is 304 g/mol. The minimum absolute atomic E-state index is 0.0516. The maximum atomic E-state index is 12.7. The zero-order valence-corrected chi connectivity index (χ0v) is 11.3. The molecule has 0 radical (unpaired) electrons. The maximum Gasteiger partial charge on any atom is 0.405 e. The summed E-state index contributed by atoms with van der Waals surface area (Å²) in [6.45, 7) is 0.222. The Morgan fingerprint density at radius 3 is 2.52 bits per heavy atom. The smallest absolute Gasteiger partial charge is 0.389 e. The zero-order chi connectivity index (χ0) is 15.8. The molecule has 1 fully saturated rings. The SMILES string of the molecule is C[C@@H](O)c1ccc(N(CC(F)(F)F)C2CC2)c([N+](=O)[O-])c1. The third-order valence-corrected chi connectivity index (χ3v) is 3.33. The molecule has 1 saturated carbocycles. The number of nitrogens with zero attached hydrogens (tertiary/aromatic N) is 2. The number of benzene rings is 1. The zero-order valence-electron chi connectivity index (χ0n) is 11.3. The molecule has 1 atom stereocenters. The van der Waals surface area contributed by atoms with Crippen molar-refractivity contribution in [2.24, 2.45) is 0 Å². The molecule has 0 aliphatic heterocycles. The van der Waals surface area contributed by atoms with E-state index in [-0.39, 0.29) is 11.7 Å². The topological polar surface area (TPSA) is 66.6 Å². The van der Waals surface area contributed by atoms with Crippen molar-refractivity contribution in [3.63, 3.8) is 0 Å². The van der Waals surface area contributed by atoms with Gasteiger partial charge in [-0.25, -0.2) is 0 Å². The van der Waals surface area contributed by atoms with Crippen molar-refractivity contribution < 1.29 is 23.2 Å². The number of hydrogen-bond donors (Lipinski definition) is 1. The summed E-state index contributed by atoms with van der Waals surface area (Å²) in [5.74, 6) is 0. The molecule has 1 aromatic carbocycles. The minimum Gasteiger partial charge on any atom is -0.389 e. The van der Waals surface area contributed by atoms with Crippen LogP contribution in [-0.4, -0.2) is 28.8 Å². The lowest BCUT2D eigenvalue weighted by atomic mass is 10.1. The van der Waals surface area contributed by atoms with E-state index in [1.807, 2.05) is 0 Å². The summed E-state index contributed by atoms with van der Waals surface area (Å²) in [6.07, 6.45) is -4.18. The van der Waals surface area contributed by atoms with Crippen LogP contribution in [0.5, 0.6) is 0 Å². The van der Waals surface area contributed by atoms with Crippen LogP contribution in [0.25, 0.3) is 0 Å². The van der Waals surface area contributed by atoms with Crippen LogP contribution in [0.4, 0.5) is 24.5 Å². The first kappa shape index (κ1) is 15.6. The lowest BCUT2D eigenvalue weighted by molar-refractivity contribution is -0.384. The number of aliphatic hydroxyl groups is 1. The van der Waals surface area contributed by atoms with Crippen LogP contribution >= 0.6 is 0 Å². The number of nitro benzene ring substituents is 1. The average molecular weight is 304 g/mol. The van der Waals surface area contributed by atoms with Gasteiger partial charge in [0.2, 0.25) is 0 Å². The third-order valence-electron chi connectivity index (χ3n) is 3.33. The second-order valence-corrected chi connectivity index (χ2v) is 5.16. The van der Waals surface area contributed by atoms with Gasteiger partial charge in [0.1, 0.15) is 12.2 Å². The summed E-state index contributed by atoms with van der Waals surface area (Å²) in [5.41, 5.74) is -0.165. The highest BCUT2D eigenvalue weighted by Crippen LogP contribution is 2.39. The number of anilines is 1. The molecule has 0 unspecified atom stereocenters. The predicted octanol–water partition coefficient (Wildman–Crippen LogP) is 3.18. The molecule has 8 heteroatoms. The molecular weight excluding hydrogens is 289 g/mol. The summed E-state index contributed by atoms with van der Waals surface area (Å²) >= 11 is 0. The first-order valence-corrected chi connectivity index (χ1v) is 6.49. The van der Waals surface area contributed by atoms with Crippen molar-refractivity contribution in [2.75, 3.05) is 11.4 Å². The Labute approximate surface area is 119 Å². The second-order valence-electron chi connectivity index (χ2n) is 5.16. The summed E-state index contributed by atoms with van der Waals surface area (Å²) in [6, 6.07) is 3.51. The molecule has 1 aliphatic carbocycles. The van der Waals surface area contributed by atoms with Crippen molar-refractivity contribution in [2.45, 2.75) is 38.1 Å². The average Bonchev–Trinajstić information content (AvgIpc) is 3.18. The van der Waals surface area contributed by atoms with Gasteiger partial charge in [-0.05, 0) is 31.4 Å². The van der Waals surface area contributed by atoms with E-state index in [0.717, 1.165) is 11.0 Å². The molecule has 0 spiro atoms. The van der Waals surface area contributed by atoms with Crippen molar-refractivity contribution in [1.29, 1.82) is 0 Å². The molecule has 0 saturated heterocycles. The fourth-order valence-corrected chi connectivity index (χ4v) is 2.18. The number of hydrogen-bond acceptors (Lipinski definition) is 4. The van der Waals surface area contributed by atoms with Gasteiger partial charge in [0, 0.05) is 12.1 Å². The first-order chi connectivity index (χ1) is 9.69. The highest BCUT2D eigenvalue weighted by Gasteiger charge is 2.40. The number of halogens is 3. The minimum atomic E-state index is -4.43. The van der Waals surface area contributed by atoms with Crippen LogP contribution in [0.3, 0.4) is 0 Å². The van der Waals surface area contributed by atoms with Crippen LogP contribution in [0.2, 0.25) is 0 Å². The van der Waals surface area contributed by atoms with E-state index in [2.05, 4.69) is 0 Å². The van der Waals surface area contributed by atoms with Gasteiger partial charge in [-0.3, -0.25) is 10.1 Å². The molecule has 0 aromatic heterocycles. The van der Waals surface area contributed by atoms with E-state index in [4.69, 9.17) is 0 Å². The van der Waals surface area contributed by atoms with Gasteiger partial charge in [-0.2, -0.15) is 13.2 Å². The van der Waals surface area contributed by atoms with Gasteiger partial charge in [0.25, 0.3) is 5.69 Å². The molecule has 0 amide bonds. The van der Waals surface area contributed by atoms with E-state index >= 15 is 0 Å². The molecule has 0 heterocycles. The number of alkyl halides is 3. The molecule has 1 N–H and O–H groups in total. The molecule has 21 heavy (non-hydrogen) atoms. The summed E-state index contributed by atoms with van der Waals surface area (Å²) < 4.78 is 38.0. The fraction of sp³-hybridized carbons (Fsp3) is 0.538. The largest absolute Gasteiger partial charge is 0.405 e. The highest BCUT2D eigenvalue weighted by molar-refractivity contribution is 5.65. The Hall–Kier alpha value is -1.83. The molecule has 116 valence electrons. The Kier molecular flexibility index (Phi) is 4.08. The van der Waals surface area contributed by atoms with E-state index in [0.29, 0.717) is 18.4 Å². The van der Waals surface area contributed by atoms with E-state index < -0.39 is 29.4 Å². The quantitative estimate of drug-likeness (QED) is 0.670. The van der Waals surface area contributed by atoms with Crippen LogP contribution in [0, 0.1) is 10.1 Å².